The predicted octanol–water partition coefficient (Wildman–Crippen LogP) is 1.98. The SMILES string of the molecule is CN(C)CC1CCc2cccc(C(=O)O)c21. The Labute approximate surface area is 95.7 Å². The van der Waals surface area contributed by atoms with E-state index in [2.05, 4.69) is 11.0 Å². The second-order valence-corrected chi connectivity index (χ2v) is 4.68. The highest BCUT2D eigenvalue weighted by molar-refractivity contribution is 5.90. The van der Waals surface area contributed by atoms with Crippen molar-refractivity contribution >= 4 is 5.97 Å². The number of carbonyl (C=O) groups is 1. The molecule has 1 aromatic carbocycles. The molecule has 0 bridgehead atoms. The fourth-order valence-corrected chi connectivity index (χ4v) is 2.60. The fourth-order valence-electron chi connectivity index (χ4n) is 2.60. The molecule has 3 nitrogen and oxygen atoms in total. The normalized spacial score (nSPS) is 18.8. The van der Waals surface area contributed by atoms with Gasteiger partial charge in [0.05, 0.1) is 5.56 Å². The molecule has 0 aromatic heterocycles. The maximum Gasteiger partial charge on any atom is 0.335 e. The monoisotopic (exact) mass is 219 g/mol. The third-order valence-electron chi connectivity index (χ3n) is 3.18. The van der Waals surface area contributed by atoms with Crippen molar-refractivity contribution < 1.29 is 9.90 Å². The number of nitrogens with zero attached hydrogens (tertiary/aromatic N) is 1. The van der Waals surface area contributed by atoms with E-state index in [0.717, 1.165) is 24.9 Å². The standard InChI is InChI=1S/C13H17NO2/c1-14(2)8-10-7-6-9-4-3-5-11(12(9)10)13(15)16/h3-5,10H,6-8H2,1-2H3,(H,15,16). The molecule has 0 aliphatic heterocycles. The molecule has 0 fully saturated rings. The molecule has 0 saturated heterocycles. The number of likely N-dealkylation sites (N-methyl/N-ethyl adjacent to an activating group) is 1. The van der Waals surface area contributed by atoms with Crippen LogP contribution in [0.5, 0.6) is 0 Å². The van der Waals surface area contributed by atoms with Crippen LogP contribution in [0.2, 0.25) is 0 Å². The van der Waals surface area contributed by atoms with Gasteiger partial charge in [-0.15, -0.1) is 0 Å². The van der Waals surface area contributed by atoms with Crippen molar-refractivity contribution in [3.8, 4) is 0 Å². The van der Waals surface area contributed by atoms with Gasteiger partial charge in [0.2, 0.25) is 0 Å². The first-order chi connectivity index (χ1) is 7.59. The quantitative estimate of drug-likeness (QED) is 0.845. The molecule has 0 saturated carbocycles. The Balaban J connectivity index is 2.39. The minimum Gasteiger partial charge on any atom is -0.478 e. The van der Waals surface area contributed by atoms with Crippen molar-refractivity contribution in [3.63, 3.8) is 0 Å². The van der Waals surface area contributed by atoms with Crippen molar-refractivity contribution in [1.82, 2.24) is 4.90 Å². The van der Waals surface area contributed by atoms with Gasteiger partial charge in [-0.2, -0.15) is 0 Å². The molecular formula is C13H17NO2. The molecule has 0 spiro atoms. The lowest BCUT2D eigenvalue weighted by atomic mass is 9.95. The van der Waals surface area contributed by atoms with Crippen LogP contribution in [-0.4, -0.2) is 36.6 Å². The van der Waals surface area contributed by atoms with Gasteiger partial charge in [-0.1, -0.05) is 12.1 Å². The zero-order valence-corrected chi connectivity index (χ0v) is 9.73. The summed E-state index contributed by atoms with van der Waals surface area (Å²) in [4.78, 5) is 13.3. The molecule has 3 heteroatoms. The Hall–Kier alpha value is -1.35. The number of carboxylic acid groups (broad SMARTS) is 1. The lowest BCUT2D eigenvalue weighted by molar-refractivity contribution is 0.0695. The summed E-state index contributed by atoms with van der Waals surface area (Å²) in [6.45, 7) is 0.928. The zero-order valence-electron chi connectivity index (χ0n) is 9.73. The van der Waals surface area contributed by atoms with Crippen LogP contribution in [0, 0.1) is 0 Å². The lowest BCUT2D eigenvalue weighted by Crippen LogP contribution is -2.20. The van der Waals surface area contributed by atoms with Crippen LogP contribution in [0.15, 0.2) is 18.2 Å². The maximum atomic E-state index is 11.2. The largest absolute Gasteiger partial charge is 0.478 e. The number of benzene rings is 1. The summed E-state index contributed by atoms with van der Waals surface area (Å²) >= 11 is 0. The number of aromatic carboxylic acids is 1. The average molecular weight is 219 g/mol. The molecule has 1 unspecified atom stereocenters. The van der Waals surface area contributed by atoms with Gasteiger partial charge in [0.1, 0.15) is 0 Å². The first kappa shape index (κ1) is 11.1. The van der Waals surface area contributed by atoms with E-state index in [1.54, 1.807) is 6.07 Å². The van der Waals surface area contributed by atoms with Gasteiger partial charge in [-0.05, 0) is 50.0 Å². The topological polar surface area (TPSA) is 40.5 Å². The third kappa shape index (κ3) is 1.95. The maximum absolute atomic E-state index is 11.2. The van der Waals surface area contributed by atoms with Gasteiger partial charge >= 0.3 is 5.97 Å². The van der Waals surface area contributed by atoms with E-state index < -0.39 is 5.97 Å². The first-order valence-corrected chi connectivity index (χ1v) is 5.59. The van der Waals surface area contributed by atoms with Gasteiger partial charge < -0.3 is 10.0 Å². The Morgan fingerprint density at radius 2 is 2.25 bits per heavy atom. The van der Waals surface area contributed by atoms with Gasteiger partial charge in [0.15, 0.2) is 0 Å². The van der Waals surface area contributed by atoms with Crippen LogP contribution in [0.3, 0.4) is 0 Å². The van der Waals surface area contributed by atoms with Gasteiger partial charge in [0.25, 0.3) is 0 Å². The third-order valence-corrected chi connectivity index (χ3v) is 3.18. The van der Waals surface area contributed by atoms with Crippen molar-refractivity contribution in [2.45, 2.75) is 18.8 Å². The number of rotatable bonds is 3. The van der Waals surface area contributed by atoms with E-state index in [1.165, 1.54) is 5.56 Å². The molecule has 1 aliphatic carbocycles. The minimum atomic E-state index is -0.803. The summed E-state index contributed by atoms with van der Waals surface area (Å²) in [6, 6.07) is 5.62. The number of hydrogen-bond donors (Lipinski definition) is 1. The van der Waals surface area contributed by atoms with E-state index >= 15 is 0 Å². The molecule has 0 amide bonds. The van der Waals surface area contributed by atoms with Gasteiger partial charge in [-0.25, -0.2) is 4.79 Å². The summed E-state index contributed by atoms with van der Waals surface area (Å²) in [7, 11) is 4.06. The van der Waals surface area contributed by atoms with Crippen LogP contribution in [0.25, 0.3) is 0 Å². The van der Waals surface area contributed by atoms with E-state index in [-0.39, 0.29) is 0 Å². The zero-order chi connectivity index (χ0) is 11.7. The number of aryl methyl sites for hydroxylation is 1. The predicted molar refractivity (Wildman–Crippen MR) is 63.0 cm³/mol. The number of fused-ring (bicyclic) bond motifs is 1. The lowest BCUT2D eigenvalue weighted by Gasteiger charge is -2.18. The van der Waals surface area contributed by atoms with Crippen LogP contribution in [0.1, 0.15) is 33.8 Å². The van der Waals surface area contributed by atoms with E-state index in [0.29, 0.717) is 11.5 Å². The van der Waals surface area contributed by atoms with E-state index in [1.807, 2.05) is 20.2 Å². The summed E-state index contributed by atoms with van der Waals surface area (Å²) < 4.78 is 0. The highest BCUT2D eigenvalue weighted by Crippen LogP contribution is 2.35. The fraction of sp³-hybridized carbons (Fsp3) is 0.462. The van der Waals surface area contributed by atoms with Gasteiger partial charge in [-0.3, -0.25) is 0 Å². The molecular weight excluding hydrogens is 202 g/mol. The van der Waals surface area contributed by atoms with Crippen LogP contribution >= 0.6 is 0 Å². The first-order valence-electron chi connectivity index (χ1n) is 5.59. The van der Waals surface area contributed by atoms with Crippen LogP contribution < -0.4 is 0 Å². The van der Waals surface area contributed by atoms with E-state index in [4.69, 9.17) is 0 Å². The summed E-state index contributed by atoms with van der Waals surface area (Å²) in [5.41, 5.74) is 2.76. The minimum absolute atomic E-state index is 0.372. The molecule has 1 aliphatic rings. The molecule has 1 aromatic rings. The second kappa shape index (κ2) is 4.26. The van der Waals surface area contributed by atoms with Crippen LogP contribution in [0.4, 0.5) is 0 Å². The highest BCUT2D eigenvalue weighted by Gasteiger charge is 2.27. The summed E-state index contributed by atoms with van der Waals surface area (Å²) in [5, 5.41) is 9.19. The average Bonchev–Trinajstić information content (AvgIpc) is 2.60. The molecule has 1 atom stereocenters. The number of carboxylic acids is 1. The Morgan fingerprint density at radius 3 is 2.88 bits per heavy atom. The molecule has 0 radical (unpaired) electrons. The molecule has 1 N–H and O–H groups in total. The van der Waals surface area contributed by atoms with Crippen molar-refractivity contribution in [2.24, 2.45) is 0 Å². The van der Waals surface area contributed by atoms with Crippen molar-refractivity contribution in [3.05, 3.63) is 34.9 Å². The molecule has 2 rings (SSSR count). The van der Waals surface area contributed by atoms with E-state index in [9.17, 15) is 9.90 Å². The Kier molecular flexibility index (Phi) is 2.97. The second-order valence-electron chi connectivity index (χ2n) is 4.68. The van der Waals surface area contributed by atoms with Crippen LogP contribution in [-0.2, 0) is 6.42 Å². The van der Waals surface area contributed by atoms with Gasteiger partial charge in [0, 0.05) is 6.54 Å². The molecule has 86 valence electrons. The van der Waals surface area contributed by atoms with Crippen molar-refractivity contribution in [1.29, 1.82) is 0 Å². The summed E-state index contributed by atoms with van der Waals surface area (Å²) in [6.07, 6.45) is 2.08. The highest BCUT2D eigenvalue weighted by atomic mass is 16.4. The molecule has 16 heavy (non-hydrogen) atoms. The Morgan fingerprint density at radius 1 is 1.50 bits per heavy atom. The smallest absolute Gasteiger partial charge is 0.335 e. The van der Waals surface area contributed by atoms with Crippen molar-refractivity contribution in [2.75, 3.05) is 20.6 Å². The number of hydrogen-bond acceptors (Lipinski definition) is 2. The molecule has 0 heterocycles. The summed E-state index contributed by atoms with van der Waals surface area (Å²) in [5.74, 6) is -0.431. The Bertz CT molecular complexity index is 412.